The van der Waals surface area contributed by atoms with Crippen molar-refractivity contribution >= 4 is 52.1 Å². The number of carbonyl (C=O) groups excluding carboxylic acids is 3. The number of allylic oxidation sites excluding steroid dienone is 1. The second-order valence-corrected chi connectivity index (χ2v) is 40.3. The number of nitrogens with one attached hydrogen (secondary N) is 1. The van der Waals surface area contributed by atoms with E-state index in [0.29, 0.717) is 121 Å². The van der Waals surface area contributed by atoms with Crippen molar-refractivity contribution < 1.29 is 40.7 Å². The van der Waals surface area contributed by atoms with Crippen LogP contribution in [0.1, 0.15) is 200 Å². The molecule has 0 bridgehead atoms. The summed E-state index contributed by atoms with van der Waals surface area (Å²) in [7, 11) is 5.80. The van der Waals surface area contributed by atoms with Crippen LogP contribution >= 0.6 is 0 Å². The molecule has 0 aliphatic carbocycles. The van der Waals surface area contributed by atoms with Gasteiger partial charge in [0.05, 0.1) is 86.5 Å². The number of hydrogen-bond donors (Lipinski definition) is 1. The van der Waals surface area contributed by atoms with Crippen LogP contribution in [-0.2, 0) is 79.2 Å². The Bertz CT molecular complexity index is 7820. The molecule has 28 nitrogen and oxygen atoms in total. The van der Waals surface area contributed by atoms with Crippen LogP contribution in [0.15, 0.2) is 260 Å². The molecule has 7 aromatic carbocycles. The van der Waals surface area contributed by atoms with Crippen LogP contribution in [0.25, 0.3) is 85.2 Å². The van der Waals surface area contributed by atoms with Crippen LogP contribution < -0.4 is 25.7 Å². The number of nitrogens with zero attached hydrogens (tertiary/aromatic N) is 23. The average molecular weight is 2010 g/mol. The summed E-state index contributed by atoms with van der Waals surface area (Å²) in [6, 6.07) is 61.1. The number of aliphatic imine (C=N–C) groups is 1. The predicted molar refractivity (Wildman–Crippen MR) is 562 cm³/mol. The van der Waals surface area contributed by atoms with Crippen molar-refractivity contribution in [1.29, 1.82) is 0 Å². The van der Waals surface area contributed by atoms with Crippen LogP contribution in [0.2, 0.25) is 0 Å². The van der Waals surface area contributed by atoms with Gasteiger partial charge in [-0.2, -0.15) is 31.4 Å². The highest BCUT2D eigenvalue weighted by atomic mass is 19.4. The summed E-state index contributed by atoms with van der Waals surface area (Å²) >= 11 is 0. The first kappa shape index (κ1) is 100. The van der Waals surface area contributed by atoms with E-state index in [1.165, 1.54) is 21.4 Å². The van der Waals surface area contributed by atoms with Gasteiger partial charge in [0, 0.05) is 145 Å². The van der Waals surface area contributed by atoms with Gasteiger partial charge in [-0.15, -0.1) is 0 Å². The summed E-state index contributed by atoms with van der Waals surface area (Å²) < 4.78 is 89.0. The number of pyridine rings is 1. The first-order valence-corrected chi connectivity index (χ1v) is 50.4. The highest BCUT2D eigenvalue weighted by Crippen LogP contribution is 2.42. The summed E-state index contributed by atoms with van der Waals surface area (Å²) in [6.07, 6.45) is 11.9. The molecule has 0 unspecified atom stereocenters. The third kappa shape index (κ3) is 21.3. The van der Waals surface area contributed by atoms with Crippen molar-refractivity contribution in [1.82, 2.24) is 98.0 Å². The molecule has 16 heterocycles. The normalized spacial score (nSPS) is 15.5. The van der Waals surface area contributed by atoms with Gasteiger partial charge in [0.2, 0.25) is 17.7 Å². The molecule has 3 saturated heterocycles. The van der Waals surface area contributed by atoms with Crippen LogP contribution in [0.4, 0.5) is 43.8 Å². The number of aromatic nitrogens is 17. The minimum Gasteiger partial charge on any atom is -0.325 e. The minimum atomic E-state index is -4.52. The van der Waals surface area contributed by atoms with Gasteiger partial charge in [-0.3, -0.25) is 48.2 Å². The fourth-order valence-electron chi connectivity index (χ4n) is 20.1. The molecule has 0 saturated carbocycles. The molecule has 760 valence electrons. The van der Waals surface area contributed by atoms with E-state index in [1.807, 2.05) is 108 Å². The number of hydrogen-bond acceptors (Lipinski definition) is 20. The van der Waals surface area contributed by atoms with Crippen molar-refractivity contribution in [3.8, 4) is 74.0 Å². The number of imidazole rings is 3. The molecule has 23 rings (SSSR count). The fraction of sp³-hybridized carbons (Fsp3) is 0.313. The lowest BCUT2D eigenvalue weighted by molar-refractivity contribution is -0.141. The molecule has 0 spiro atoms. The molecule has 0 radical (unpaired) electrons. The number of halogens is 6. The first-order valence-electron chi connectivity index (χ1n) is 50.4. The zero-order valence-corrected chi connectivity index (χ0v) is 84.7. The molecular weight excluding hydrogens is 1900 g/mol. The Labute approximate surface area is 858 Å². The molecule has 16 aromatic rings. The minimum absolute atomic E-state index is 0.0579. The Balaban J connectivity index is 0.000000121. The Morgan fingerprint density at radius 2 is 0.852 bits per heavy atom. The molecule has 9 aromatic heterocycles. The summed E-state index contributed by atoms with van der Waals surface area (Å²) in [5, 5.41) is 7.97. The smallest absolute Gasteiger partial charge is 0.325 e. The predicted octanol–water partition coefficient (Wildman–Crippen LogP) is 20.5. The van der Waals surface area contributed by atoms with Crippen LogP contribution in [0.5, 0.6) is 0 Å². The maximum atomic E-state index is 13.5. The second-order valence-electron chi connectivity index (χ2n) is 40.3. The number of anilines is 3. The maximum Gasteiger partial charge on any atom is 0.434 e. The molecule has 1 N–H and O–H groups in total. The van der Waals surface area contributed by atoms with E-state index in [2.05, 4.69) is 210 Å². The Hall–Kier alpha value is -15.8. The van der Waals surface area contributed by atoms with E-state index in [1.54, 1.807) is 84.5 Å². The van der Waals surface area contributed by atoms with Crippen LogP contribution in [0, 0.1) is 0 Å². The maximum absolute atomic E-state index is 13.5. The lowest BCUT2D eigenvalue weighted by Gasteiger charge is -2.37. The summed E-state index contributed by atoms with van der Waals surface area (Å²) in [5.41, 5.74) is 19.1. The number of rotatable bonds is 23. The second kappa shape index (κ2) is 42.2. The van der Waals surface area contributed by atoms with E-state index >= 15 is 0 Å². The summed E-state index contributed by atoms with van der Waals surface area (Å²) in [6.45, 7) is 23.3. The van der Waals surface area contributed by atoms with Crippen LogP contribution in [-0.4, -0.2) is 169 Å². The van der Waals surface area contributed by atoms with Crippen molar-refractivity contribution in [3.63, 3.8) is 0 Å². The topological polar surface area (TPSA) is 288 Å². The SMILES string of the molecule is CC(C)c1ccccc1-c1ncc2c(n1)N(Cc1ccc(-n3ccc(C4CCN(C)CC4)n3)cc1)C(=O)C2.CC(C)c1ccccc1-c1ncc2c(n1)N(Cc1ccc(C3=NC=CC3)cc1)C(=O)C2.CC(C)c1ccccc1-c1ncc2c(n1)n(Cc1ccc(-c3nc(C(F)(F)F)cn3C3CNC3)cc1)c(=O)n2C.CC(C)c1ncccc1-c1ncc2c(n1)N(Cc1ccc(-c3nc(C(F)(F)F)cn3C3CN(C)C3)cc1)C(=O)C2. The Morgan fingerprint density at radius 3 is 1.28 bits per heavy atom. The summed E-state index contributed by atoms with van der Waals surface area (Å²) in [4.78, 5) is 116. The van der Waals surface area contributed by atoms with Gasteiger partial charge in [0.1, 0.15) is 34.6 Å². The molecule has 7 aliphatic heterocycles. The quantitative estimate of drug-likeness (QED) is 0.0582. The third-order valence-electron chi connectivity index (χ3n) is 28.5. The molecular formula is C115H114F6N24O4. The standard InChI is InChI=1S/C31H34N6O.2C29H28F3N7O.C26H24N4O/c1-21(2)26-6-4-5-7-27(26)30-32-19-24-18-29(38)36(31(24)33-30)20-22-8-10-25(11-9-22)37-17-14-28(34-37)23-12-15-35(3)16-13-23;1-17(2)25-22(5-4-10-33-25)26-34-12-20-11-24(40)39(28(20)36-26)13-18-6-8-19(9-7-18)27-35-23(29(30,31)32)16-38(27)21-14-37(3)15-21;1-17(2)21-6-4-5-7-22(21)25-34-14-23-27(36-25)39(28(40)37(23)3)15-18-8-10-19(11-9-18)26-35-24(29(30,31)32)16-38(26)20-12-33-13-20;1-17(2)21-6-3-4-7-22(21)25-28-15-20-14-24(31)30(26(20)29-25)16-18-9-11-19(12-10-18)23-8-5-13-27-23/h4-11,14,17,19,21,23H,12-13,15-16,18,20H2,1-3H3;4-10,12,16-17,21H,11,13-15H2,1-3H3;4-11,14,16-17,20,33H,12-13,15H2,1-3H3;3-7,9-13,15,17H,8,14,16H2,1-2H3. The van der Waals surface area contributed by atoms with Gasteiger partial charge < -0.3 is 24.3 Å². The zero-order valence-electron chi connectivity index (χ0n) is 84.7. The van der Waals surface area contributed by atoms with Crippen molar-refractivity contribution in [2.45, 2.75) is 174 Å². The van der Waals surface area contributed by atoms with E-state index in [9.17, 15) is 45.5 Å². The lowest BCUT2D eigenvalue weighted by atomic mass is 9.94. The molecule has 3 fully saturated rings. The highest BCUT2D eigenvalue weighted by Gasteiger charge is 2.41. The van der Waals surface area contributed by atoms with E-state index in [0.717, 1.165) is 146 Å². The average Bonchev–Trinajstić information content (AvgIpc) is 1.63. The first-order chi connectivity index (χ1) is 71.7. The summed E-state index contributed by atoms with van der Waals surface area (Å²) in [5.74, 6) is 6.71. The molecule has 34 heteroatoms. The fourth-order valence-corrected chi connectivity index (χ4v) is 20.1. The monoisotopic (exact) mass is 2010 g/mol. The number of carbonyl (C=O) groups is 3. The van der Waals surface area contributed by atoms with E-state index in [-0.39, 0.29) is 78.5 Å². The van der Waals surface area contributed by atoms with Gasteiger partial charge in [-0.1, -0.05) is 219 Å². The van der Waals surface area contributed by atoms with Crippen molar-refractivity contribution in [2.24, 2.45) is 12.0 Å². The lowest BCUT2D eigenvalue weighted by Crippen LogP contribution is -2.44. The van der Waals surface area contributed by atoms with Gasteiger partial charge >= 0.3 is 18.0 Å². The van der Waals surface area contributed by atoms with Crippen molar-refractivity contribution in [3.05, 3.63) is 344 Å². The number of aryl methyl sites for hydroxylation is 1. The highest BCUT2D eigenvalue weighted by molar-refractivity contribution is 6.04. The molecule has 149 heavy (non-hydrogen) atoms. The van der Waals surface area contributed by atoms with Gasteiger partial charge in [0.25, 0.3) is 0 Å². The Kier molecular flexibility index (Phi) is 28.5. The van der Waals surface area contributed by atoms with E-state index < -0.39 is 23.7 Å². The zero-order chi connectivity index (χ0) is 104. The number of piperidine rings is 1. The number of amides is 3. The molecule has 7 aliphatic rings. The van der Waals surface area contributed by atoms with Crippen LogP contribution in [0.3, 0.4) is 0 Å². The van der Waals surface area contributed by atoms with Gasteiger partial charge in [0.15, 0.2) is 40.3 Å². The van der Waals surface area contributed by atoms with E-state index in [4.69, 9.17) is 25.0 Å². The number of fused-ring (bicyclic) bond motifs is 4. The largest absolute Gasteiger partial charge is 0.434 e. The number of alkyl halides is 6. The molecule has 0 atom stereocenters. The van der Waals surface area contributed by atoms with Crippen molar-refractivity contribution in [2.75, 3.05) is 68.1 Å². The third-order valence-corrected chi connectivity index (χ3v) is 28.5. The number of likely N-dealkylation sites (N-methyl/N-ethyl adjacent to an activating group) is 1. The number of benzene rings is 7. The molecule has 3 amide bonds. The number of likely N-dealkylation sites (tertiary alicyclic amines) is 2. The Morgan fingerprint density at radius 1 is 0.430 bits per heavy atom. The van der Waals surface area contributed by atoms with Gasteiger partial charge in [-0.25, -0.2) is 59.3 Å². The van der Waals surface area contributed by atoms with Gasteiger partial charge in [-0.05, 0) is 139 Å².